The average molecular weight is 552 g/mol. The van der Waals surface area contributed by atoms with E-state index >= 15 is 4.39 Å². The topological polar surface area (TPSA) is 180 Å². The van der Waals surface area contributed by atoms with Crippen LogP contribution in [0, 0.1) is 10.8 Å². The number of nitrogen functional groups attached to an aromatic ring is 1. The Labute approximate surface area is 213 Å². The first-order chi connectivity index (χ1) is 16.8. The van der Waals surface area contributed by atoms with Crippen LogP contribution in [0.15, 0.2) is 11.1 Å². The van der Waals surface area contributed by atoms with Crippen LogP contribution in [-0.2, 0) is 47.7 Å². The van der Waals surface area contributed by atoms with Crippen molar-refractivity contribution in [3.8, 4) is 0 Å². The third kappa shape index (κ3) is 8.54. The molecule has 2 rings (SSSR count). The molecule has 0 spiro atoms. The summed E-state index contributed by atoms with van der Waals surface area (Å²) in [6, 6.07) is 0. The molecule has 0 aromatic carbocycles. The molecule has 0 saturated carbocycles. The Bertz CT molecular complexity index is 1070. The standard InChI is InChI=1S/C21H34FN4O10P/c1-18(2,3)14(27)31-12-34-37(30,35-13-32-15(28)19(4,5)6)33-10-21(22)9-8-20(7,36-21)26-11-24-16(23)25-17(26)29/h11H,8-10,12-13H2,1-7H3,(H2,23,25,29)/t20-,21+/m1/s1. The van der Waals surface area contributed by atoms with E-state index in [-0.39, 0.29) is 18.8 Å². The molecule has 1 aliphatic rings. The second-order valence-corrected chi connectivity index (χ2v) is 12.3. The van der Waals surface area contributed by atoms with E-state index in [4.69, 9.17) is 33.5 Å². The molecule has 0 radical (unpaired) electrons. The molecule has 1 fully saturated rings. The highest BCUT2D eigenvalue weighted by Crippen LogP contribution is 2.52. The molecule has 0 unspecified atom stereocenters. The van der Waals surface area contributed by atoms with Crippen LogP contribution in [0.25, 0.3) is 0 Å². The van der Waals surface area contributed by atoms with Gasteiger partial charge < -0.3 is 19.9 Å². The summed E-state index contributed by atoms with van der Waals surface area (Å²) in [7, 11) is -4.65. The van der Waals surface area contributed by atoms with E-state index in [0.29, 0.717) is 0 Å². The van der Waals surface area contributed by atoms with E-state index in [0.717, 1.165) is 10.9 Å². The summed E-state index contributed by atoms with van der Waals surface area (Å²) in [5.74, 6) is -4.15. The van der Waals surface area contributed by atoms with Crippen molar-refractivity contribution < 1.29 is 46.3 Å². The Morgan fingerprint density at radius 3 is 2.05 bits per heavy atom. The normalized spacial score (nSPS) is 22.6. The van der Waals surface area contributed by atoms with Crippen LogP contribution in [-0.4, -0.2) is 52.5 Å². The number of ether oxygens (including phenoxy) is 3. The lowest BCUT2D eigenvalue weighted by atomic mass is 9.98. The van der Waals surface area contributed by atoms with Crippen LogP contribution < -0.4 is 11.4 Å². The smallest absolute Gasteiger partial charge is 0.437 e. The third-order valence-electron chi connectivity index (χ3n) is 5.06. The van der Waals surface area contributed by atoms with E-state index in [1.807, 2.05) is 0 Å². The van der Waals surface area contributed by atoms with Crippen molar-refractivity contribution in [3.63, 3.8) is 0 Å². The molecule has 0 aliphatic carbocycles. The molecule has 2 heterocycles. The number of hydrogen-bond donors (Lipinski definition) is 1. The number of esters is 2. The van der Waals surface area contributed by atoms with Crippen molar-refractivity contribution in [2.75, 3.05) is 25.9 Å². The third-order valence-corrected chi connectivity index (χ3v) is 6.35. The van der Waals surface area contributed by atoms with Crippen LogP contribution in [0.5, 0.6) is 0 Å². The summed E-state index contributed by atoms with van der Waals surface area (Å²) in [5.41, 5.74) is 1.32. The number of phosphoric acid groups is 1. The van der Waals surface area contributed by atoms with Crippen molar-refractivity contribution >= 4 is 25.7 Å². The van der Waals surface area contributed by atoms with Gasteiger partial charge in [-0.3, -0.25) is 18.7 Å². The zero-order chi connectivity index (χ0) is 28.3. The van der Waals surface area contributed by atoms with Gasteiger partial charge in [0, 0.05) is 12.8 Å². The minimum absolute atomic E-state index is 0.00154. The molecule has 2 atom stereocenters. The predicted octanol–water partition coefficient (Wildman–Crippen LogP) is 2.62. The molecule has 0 bridgehead atoms. The molecule has 1 aromatic rings. The van der Waals surface area contributed by atoms with Gasteiger partial charge in [-0.2, -0.15) is 4.98 Å². The second kappa shape index (κ2) is 11.1. The maximum atomic E-state index is 15.5. The summed E-state index contributed by atoms with van der Waals surface area (Å²) in [6.45, 7) is 8.30. The number of nitrogens with two attached hydrogens (primary N) is 1. The molecule has 1 aliphatic heterocycles. The zero-order valence-electron chi connectivity index (χ0n) is 21.9. The number of aromatic nitrogens is 3. The van der Waals surface area contributed by atoms with Crippen molar-refractivity contribution in [3.05, 3.63) is 16.8 Å². The van der Waals surface area contributed by atoms with Gasteiger partial charge in [0.05, 0.1) is 10.8 Å². The fourth-order valence-electron chi connectivity index (χ4n) is 2.87. The fraction of sp³-hybridized carbons (Fsp3) is 0.762. The van der Waals surface area contributed by atoms with Crippen molar-refractivity contribution in [2.45, 2.75) is 72.9 Å². The van der Waals surface area contributed by atoms with Crippen molar-refractivity contribution in [1.29, 1.82) is 0 Å². The van der Waals surface area contributed by atoms with Crippen LogP contribution in [0.1, 0.15) is 61.3 Å². The minimum Gasteiger partial charge on any atom is -0.437 e. The van der Waals surface area contributed by atoms with Crippen LogP contribution in [0.3, 0.4) is 0 Å². The number of carbonyl (C=O) groups excluding carboxylic acids is 2. The molecule has 37 heavy (non-hydrogen) atoms. The summed E-state index contributed by atoms with van der Waals surface area (Å²) in [5, 5.41) is 0. The lowest BCUT2D eigenvalue weighted by molar-refractivity contribution is -0.218. The number of carbonyl (C=O) groups is 2. The Balaban J connectivity index is 2.10. The largest absolute Gasteiger partial charge is 0.480 e. The number of alkyl halides is 1. The number of halogens is 1. The zero-order valence-corrected chi connectivity index (χ0v) is 22.8. The number of hydrogen-bond acceptors (Lipinski definition) is 13. The molecule has 2 N–H and O–H groups in total. The fourth-order valence-corrected chi connectivity index (χ4v) is 3.80. The summed E-state index contributed by atoms with van der Waals surface area (Å²) < 4.78 is 60.0. The van der Waals surface area contributed by atoms with E-state index in [1.165, 1.54) is 6.92 Å². The second-order valence-electron chi connectivity index (χ2n) is 10.6. The molecular formula is C21H34FN4O10P. The number of rotatable bonds is 10. The Hall–Kier alpha value is -2.45. The SMILES string of the molecule is CC(C)(C)C(=O)OCOP(=O)(OCOC(=O)C(C)(C)C)OC[C@]1(F)CC[C@](C)(n2cnc(N)nc2=O)O1. The predicted molar refractivity (Wildman–Crippen MR) is 125 cm³/mol. The van der Waals surface area contributed by atoms with Gasteiger partial charge in [-0.25, -0.2) is 27.8 Å². The van der Waals surface area contributed by atoms with Gasteiger partial charge in [0.15, 0.2) is 5.72 Å². The van der Waals surface area contributed by atoms with E-state index < -0.39 is 68.1 Å². The van der Waals surface area contributed by atoms with Gasteiger partial charge in [-0.1, -0.05) is 0 Å². The van der Waals surface area contributed by atoms with Gasteiger partial charge in [0.1, 0.15) is 12.9 Å². The summed E-state index contributed by atoms with van der Waals surface area (Å²) in [4.78, 5) is 43.3. The highest BCUT2D eigenvalue weighted by atomic mass is 31.2. The average Bonchev–Trinajstić information content (AvgIpc) is 3.07. The van der Waals surface area contributed by atoms with Gasteiger partial charge in [0.25, 0.3) is 0 Å². The number of anilines is 1. The molecule has 1 saturated heterocycles. The quantitative estimate of drug-likeness (QED) is 0.254. The first-order valence-corrected chi connectivity index (χ1v) is 12.7. The molecule has 14 nitrogen and oxygen atoms in total. The monoisotopic (exact) mass is 552 g/mol. The highest BCUT2D eigenvalue weighted by molar-refractivity contribution is 7.48. The maximum Gasteiger partial charge on any atom is 0.480 e. The van der Waals surface area contributed by atoms with E-state index in [1.54, 1.807) is 41.5 Å². The summed E-state index contributed by atoms with van der Waals surface area (Å²) >= 11 is 0. The van der Waals surface area contributed by atoms with Crippen LogP contribution >= 0.6 is 7.82 Å². The van der Waals surface area contributed by atoms with Gasteiger partial charge in [-0.05, 0) is 48.5 Å². The van der Waals surface area contributed by atoms with Crippen LogP contribution in [0.4, 0.5) is 10.3 Å². The molecule has 210 valence electrons. The Morgan fingerprint density at radius 2 is 1.59 bits per heavy atom. The van der Waals surface area contributed by atoms with Crippen molar-refractivity contribution in [1.82, 2.24) is 14.5 Å². The number of phosphoric ester groups is 1. The van der Waals surface area contributed by atoms with Gasteiger partial charge >= 0.3 is 25.5 Å². The Kier molecular flexibility index (Phi) is 9.24. The molecule has 1 aromatic heterocycles. The molecule has 0 amide bonds. The first kappa shape index (κ1) is 30.8. The lowest BCUT2D eigenvalue weighted by Gasteiger charge is -2.29. The van der Waals surface area contributed by atoms with Crippen LogP contribution in [0.2, 0.25) is 0 Å². The van der Waals surface area contributed by atoms with Gasteiger partial charge in [0.2, 0.25) is 25.4 Å². The molecular weight excluding hydrogens is 518 g/mol. The van der Waals surface area contributed by atoms with E-state index in [9.17, 15) is 18.9 Å². The lowest BCUT2D eigenvalue weighted by Crippen LogP contribution is -2.42. The molecule has 16 heteroatoms. The highest BCUT2D eigenvalue weighted by Gasteiger charge is 2.51. The number of nitrogens with zero attached hydrogens (tertiary/aromatic N) is 3. The maximum absolute atomic E-state index is 15.5. The Morgan fingerprint density at radius 1 is 1.08 bits per heavy atom. The van der Waals surface area contributed by atoms with Gasteiger partial charge in [-0.15, -0.1) is 0 Å². The summed E-state index contributed by atoms with van der Waals surface area (Å²) in [6.07, 6.45) is 0.790. The minimum atomic E-state index is -4.65. The first-order valence-electron chi connectivity index (χ1n) is 11.3. The van der Waals surface area contributed by atoms with E-state index in [2.05, 4.69) is 9.97 Å². The van der Waals surface area contributed by atoms with Crippen molar-refractivity contribution in [2.24, 2.45) is 10.8 Å².